The summed E-state index contributed by atoms with van der Waals surface area (Å²) in [5.41, 5.74) is -2.40. The van der Waals surface area contributed by atoms with Gasteiger partial charge < -0.3 is 5.11 Å². The van der Waals surface area contributed by atoms with E-state index in [1.165, 1.54) is 0 Å². The van der Waals surface area contributed by atoms with E-state index < -0.39 is 23.3 Å². The fraction of sp³-hybridized carbons (Fsp3) is 0.111. The van der Waals surface area contributed by atoms with Gasteiger partial charge in [0.05, 0.1) is 21.2 Å². The molecule has 0 unspecified atom stereocenters. The van der Waals surface area contributed by atoms with Crippen molar-refractivity contribution in [1.82, 2.24) is 0 Å². The van der Waals surface area contributed by atoms with Crippen LogP contribution in [0.25, 0.3) is 0 Å². The van der Waals surface area contributed by atoms with Gasteiger partial charge in [0.1, 0.15) is 6.07 Å². The van der Waals surface area contributed by atoms with E-state index in [0.29, 0.717) is 6.07 Å². The molecule has 1 aromatic carbocycles. The first-order valence-corrected chi connectivity index (χ1v) is 4.61. The van der Waals surface area contributed by atoms with Gasteiger partial charge in [-0.2, -0.15) is 18.4 Å². The summed E-state index contributed by atoms with van der Waals surface area (Å²) < 4.78 is 37.0. The topological polar surface area (TPSA) is 61.1 Å². The number of halogens is 4. The van der Waals surface area contributed by atoms with E-state index in [9.17, 15) is 18.0 Å². The largest absolute Gasteiger partial charge is 0.478 e. The van der Waals surface area contributed by atoms with Crippen LogP contribution in [-0.2, 0) is 6.18 Å². The van der Waals surface area contributed by atoms with Crippen LogP contribution >= 0.6 is 15.9 Å². The quantitative estimate of drug-likeness (QED) is 0.866. The number of nitriles is 1. The first-order chi connectivity index (χ1) is 7.29. The van der Waals surface area contributed by atoms with E-state index in [2.05, 4.69) is 15.9 Å². The van der Waals surface area contributed by atoms with Crippen LogP contribution in [0.3, 0.4) is 0 Å². The van der Waals surface area contributed by atoms with Crippen LogP contribution in [0.15, 0.2) is 16.6 Å². The van der Waals surface area contributed by atoms with Crippen molar-refractivity contribution in [2.45, 2.75) is 6.18 Å². The van der Waals surface area contributed by atoms with E-state index >= 15 is 0 Å². The highest BCUT2D eigenvalue weighted by molar-refractivity contribution is 9.10. The first kappa shape index (κ1) is 12.5. The number of nitrogens with zero attached hydrogens (tertiary/aromatic N) is 1. The predicted molar refractivity (Wildman–Crippen MR) is 50.8 cm³/mol. The normalized spacial score (nSPS) is 10.9. The molecule has 0 amide bonds. The summed E-state index contributed by atoms with van der Waals surface area (Å²) in [6.07, 6.45) is -4.77. The third kappa shape index (κ3) is 2.17. The Labute approximate surface area is 96.2 Å². The van der Waals surface area contributed by atoms with Crippen LogP contribution < -0.4 is 0 Å². The van der Waals surface area contributed by atoms with Crippen molar-refractivity contribution in [2.24, 2.45) is 0 Å². The minimum atomic E-state index is -4.77. The number of hydrogen-bond acceptors (Lipinski definition) is 2. The number of alkyl halides is 3. The van der Waals surface area contributed by atoms with Gasteiger partial charge >= 0.3 is 12.1 Å². The zero-order chi connectivity index (χ0) is 12.5. The third-order valence-electron chi connectivity index (χ3n) is 1.78. The van der Waals surface area contributed by atoms with Crippen LogP contribution in [-0.4, -0.2) is 11.1 Å². The van der Waals surface area contributed by atoms with Crippen LogP contribution in [0.5, 0.6) is 0 Å². The molecule has 0 aliphatic carbocycles. The highest BCUT2D eigenvalue weighted by Crippen LogP contribution is 2.36. The average Bonchev–Trinajstić information content (AvgIpc) is 2.15. The molecule has 0 saturated carbocycles. The molecule has 0 saturated heterocycles. The summed E-state index contributed by atoms with van der Waals surface area (Å²) in [4.78, 5) is 10.7. The summed E-state index contributed by atoms with van der Waals surface area (Å²) in [6, 6.07) is 3.08. The Morgan fingerprint density at radius 2 is 2.00 bits per heavy atom. The number of hydrogen-bond donors (Lipinski definition) is 1. The standard InChI is InChI=1S/C9H3BrF3NO2/c10-7-4(3-14)1-2-5(9(11,12)13)6(7)8(15)16/h1-2H,(H,15,16). The van der Waals surface area contributed by atoms with Crippen molar-refractivity contribution >= 4 is 21.9 Å². The Kier molecular flexibility index (Phi) is 3.24. The van der Waals surface area contributed by atoms with Crippen LogP contribution in [0.4, 0.5) is 13.2 Å². The van der Waals surface area contributed by atoms with Gasteiger partial charge in [-0.1, -0.05) is 0 Å². The molecule has 7 heteroatoms. The van der Waals surface area contributed by atoms with Crippen molar-refractivity contribution in [3.05, 3.63) is 33.3 Å². The predicted octanol–water partition coefficient (Wildman–Crippen LogP) is 3.04. The second-order valence-electron chi connectivity index (χ2n) is 2.76. The molecule has 0 aliphatic heterocycles. The van der Waals surface area contributed by atoms with Gasteiger partial charge in [0, 0.05) is 0 Å². The Morgan fingerprint density at radius 1 is 1.44 bits per heavy atom. The molecule has 3 nitrogen and oxygen atoms in total. The molecule has 0 bridgehead atoms. The second kappa shape index (κ2) is 4.14. The Balaban J connectivity index is 3.62. The number of carboxylic acids is 1. The minimum absolute atomic E-state index is 0.162. The average molecular weight is 294 g/mol. The molecule has 1 rings (SSSR count). The third-order valence-corrected chi connectivity index (χ3v) is 2.61. The smallest absolute Gasteiger partial charge is 0.417 e. The summed E-state index contributed by atoms with van der Waals surface area (Å²) >= 11 is 2.68. The van der Waals surface area contributed by atoms with Gasteiger partial charge in [-0.15, -0.1) is 0 Å². The molecule has 1 aromatic rings. The number of rotatable bonds is 1. The van der Waals surface area contributed by atoms with Crippen LogP contribution in [0, 0.1) is 11.3 Å². The molecule has 84 valence electrons. The maximum Gasteiger partial charge on any atom is 0.417 e. The molecule has 0 fully saturated rings. The lowest BCUT2D eigenvalue weighted by Gasteiger charge is -2.11. The summed E-state index contributed by atoms with van der Waals surface area (Å²) in [6.45, 7) is 0. The monoisotopic (exact) mass is 293 g/mol. The van der Waals surface area contributed by atoms with Gasteiger partial charge in [-0.25, -0.2) is 4.79 Å². The molecule has 0 aromatic heterocycles. The molecule has 0 aliphatic rings. The van der Waals surface area contributed by atoms with Gasteiger partial charge in [0.25, 0.3) is 0 Å². The first-order valence-electron chi connectivity index (χ1n) is 3.82. The van der Waals surface area contributed by atoms with Crippen molar-refractivity contribution in [3.63, 3.8) is 0 Å². The SMILES string of the molecule is N#Cc1ccc(C(F)(F)F)c(C(=O)O)c1Br. The van der Waals surface area contributed by atoms with E-state index in [1.807, 2.05) is 0 Å². The van der Waals surface area contributed by atoms with Gasteiger partial charge in [0.2, 0.25) is 0 Å². The molecule has 0 spiro atoms. The molecule has 0 atom stereocenters. The molecular weight excluding hydrogens is 291 g/mol. The highest BCUT2D eigenvalue weighted by atomic mass is 79.9. The zero-order valence-electron chi connectivity index (χ0n) is 7.47. The van der Waals surface area contributed by atoms with Crippen molar-refractivity contribution in [3.8, 4) is 6.07 Å². The van der Waals surface area contributed by atoms with E-state index in [-0.39, 0.29) is 10.0 Å². The second-order valence-corrected chi connectivity index (χ2v) is 3.56. The fourth-order valence-corrected chi connectivity index (χ4v) is 1.71. The molecule has 16 heavy (non-hydrogen) atoms. The number of aromatic carboxylic acids is 1. The maximum absolute atomic E-state index is 12.5. The van der Waals surface area contributed by atoms with Crippen LogP contribution in [0.1, 0.15) is 21.5 Å². The van der Waals surface area contributed by atoms with Crippen LogP contribution in [0.2, 0.25) is 0 Å². The summed E-state index contributed by atoms with van der Waals surface area (Å²) in [7, 11) is 0. The summed E-state index contributed by atoms with van der Waals surface area (Å²) in [5.74, 6) is -1.74. The Bertz CT molecular complexity index is 491. The Morgan fingerprint density at radius 3 is 2.38 bits per heavy atom. The molecule has 0 heterocycles. The summed E-state index contributed by atoms with van der Waals surface area (Å²) in [5, 5.41) is 17.3. The molecular formula is C9H3BrF3NO2. The number of carbonyl (C=O) groups is 1. The molecule has 1 N–H and O–H groups in total. The lowest BCUT2D eigenvalue weighted by molar-refractivity contribution is -0.138. The number of carboxylic acid groups (broad SMARTS) is 1. The van der Waals surface area contributed by atoms with Gasteiger partial charge in [-0.3, -0.25) is 0 Å². The number of benzene rings is 1. The minimum Gasteiger partial charge on any atom is -0.478 e. The van der Waals surface area contributed by atoms with E-state index in [4.69, 9.17) is 10.4 Å². The maximum atomic E-state index is 12.5. The Hall–Kier alpha value is -1.55. The van der Waals surface area contributed by atoms with Crippen molar-refractivity contribution in [2.75, 3.05) is 0 Å². The highest BCUT2D eigenvalue weighted by Gasteiger charge is 2.37. The van der Waals surface area contributed by atoms with Gasteiger partial charge in [-0.05, 0) is 28.1 Å². The lowest BCUT2D eigenvalue weighted by atomic mass is 10.0. The lowest BCUT2D eigenvalue weighted by Crippen LogP contribution is -2.14. The van der Waals surface area contributed by atoms with Crippen molar-refractivity contribution < 1.29 is 23.1 Å². The van der Waals surface area contributed by atoms with E-state index in [1.54, 1.807) is 6.07 Å². The van der Waals surface area contributed by atoms with Gasteiger partial charge in [0.15, 0.2) is 0 Å². The zero-order valence-corrected chi connectivity index (χ0v) is 9.06. The van der Waals surface area contributed by atoms with Crippen molar-refractivity contribution in [1.29, 1.82) is 5.26 Å². The molecule has 0 radical (unpaired) electrons. The van der Waals surface area contributed by atoms with E-state index in [0.717, 1.165) is 6.07 Å². The fourth-order valence-electron chi connectivity index (χ4n) is 1.11.